The number of rotatable bonds is 4. The van der Waals surface area contributed by atoms with E-state index in [1.807, 2.05) is 0 Å². The van der Waals surface area contributed by atoms with E-state index in [0.717, 1.165) is 4.47 Å². The van der Waals surface area contributed by atoms with Gasteiger partial charge in [-0.2, -0.15) is 0 Å². The van der Waals surface area contributed by atoms with Gasteiger partial charge in [0.15, 0.2) is 5.11 Å². The second-order valence-corrected chi connectivity index (χ2v) is 6.58. The summed E-state index contributed by atoms with van der Waals surface area (Å²) >= 11 is 8.59. The maximum Gasteiger partial charge on any atom is 0.308 e. The predicted molar refractivity (Wildman–Crippen MR) is 99.0 cm³/mol. The van der Waals surface area contributed by atoms with Gasteiger partial charge >= 0.3 is 5.97 Å². The van der Waals surface area contributed by atoms with Gasteiger partial charge in [0.2, 0.25) is 5.91 Å². The van der Waals surface area contributed by atoms with E-state index in [1.54, 1.807) is 36.1 Å². The highest BCUT2D eigenvalue weighted by Gasteiger charge is 2.34. The number of hydrogen-bond acceptors (Lipinski definition) is 5. The summed E-state index contributed by atoms with van der Waals surface area (Å²) in [5.74, 6) is -1.19. The summed E-state index contributed by atoms with van der Waals surface area (Å²) in [5.41, 5.74) is 0.431. The molecule has 134 valence electrons. The number of ether oxygens (including phenoxy) is 1. The quantitative estimate of drug-likeness (QED) is 0.554. The molecule has 0 radical (unpaired) electrons. The average Bonchev–Trinajstić information content (AvgIpc) is 2.56. The second kappa shape index (κ2) is 8.91. The van der Waals surface area contributed by atoms with E-state index < -0.39 is 12.0 Å². The number of nitrogens with zero attached hydrogens (tertiary/aromatic N) is 1. The fraction of sp³-hybridized carbons (Fsp3) is 0.375. The number of nitrogens with one attached hydrogen (secondary N) is 2. The van der Waals surface area contributed by atoms with Crippen LogP contribution >= 0.6 is 28.1 Å². The Hall–Kier alpha value is -2.00. The minimum Gasteiger partial charge on any atom is -0.466 e. The number of hydrogen-bond donors (Lipinski definition) is 2. The molecule has 0 saturated carbocycles. The van der Waals surface area contributed by atoms with Crippen molar-refractivity contribution in [3.8, 4) is 0 Å². The summed E-state index contributed by atoms with van der Waals surface area (Å²) in [7, 11) is 0. The Bertz CT molecular complexity index is 698. The van der Waals surface area contributed by atoms with Crippen LogP contribution < -0.4 is 10.6 Å². The van der Waals surface area contributed by atoms with Crippen molar-refractivity contribution in [3.63, 3.8) is 0 Å². The molecular weight excluding hydrogens is 410 g/mol. The first kappa shape index (κ1) is 19.3. The highest BCUT2D eigenvalue weighted by atomic mass is 79.9. The van der Waals surface area contributed by atoms with Crippen LogP contribution in [-0.2, 0) is 14.3 Å². The van der Waals surface area contributed by atoms with Gasteiger partial charge in [0, 0.05) is 23.1 Å². The zero-order chi connectivity index (χ0) is 18.4. The minimum atomic E-state index is -0.803. The maximum atomic E-state index is 12.3. The molecular formula is C16H18BrN3O4S. The Morgan fingerprint density at radius 2 is 2.24 bits per heavy atom. The van der Waals surface area contributed by atoms with Gasteiger partial charge < -0.3 is 15.0 Å². The van der Waals surface area contributed by atoms with E-state index in [0.29, 0.717) is 18.7 Å². The topological polar surface area (TPSA) is 87.7 Å². The Labute approximate surface area is 159 Å². The standard InChI is InChI=1S/C16H18BrN3O4S/c1-2-24-13(21)9-12-15(23)18-6-7-20(12)16(25)19-14(22)10-4-3-5-11(17)8-10/h3-5,8,12H,2,6-7,9H2,1H3,(H,18,23)(H,19,22,25). The monoisotopic (exact) mass is 427 g/mol. The summed E-state index contributed by atoms with van der Waals surface area (Å²) < 4.78 is 5.67. The van der Waals surface area contributed by atoms with Crippen LogP contribution in [-0.4, -0.2) is 53.5 Å². The molecule has 1 fully saturated rings. The summed E-state index contributed by atoms with van der Waals surface area (Å²) in [6, 6.07) is 6.06. The smallest absolute Gasteiger partial charge is 0.308 e. The van der Waals surface area contributed by atoms with Crippen LogP contribution in [0.3, 0.4) is 0 Å². The van der Waals surface area contributed by atoms with Crippen LogP contribution in [0, 0.1) is 0 Å². The maximum absolute atomic E-state index is 12.3. The molecule has 1 unspecified atom stereocenters. The van der Waals surface area contributed by atoms with Crippen molar-refractivity contribution in [2.24, 2.45) is 0 Å². The van der Waals surface area contributed by atoms with Crippen LogP contribution in [0.4, 0.5) is 0 Å². The second-order valence-electron chi connectivity index (χ2n) is 5.28. The first-order chi connectivity index (χ1) is 11.9. The van der Waals surface area contributed by atoms with Crippen LogP contribution in [0.25, 0.3) is 0 Å². The van der Waals surface area contributed by atoms with Crippen LogP contribution in [0.15, 0.2) is 28.7 Å². The number of benzene rings is 1. The average molecular weight is 428 g/mol. The van der Waals surface area contributed by atoms with Gasteiger partial charge in [-0.15, -0.1) is 0 Å². The molecule has 1 saturated heterocycles. The Kier molecular flexibility index (Phi) is 6.89. The van der Waals surface area contributed by atoms with Crippen molar-refractivity contribution < 1.29 is 19.1 Å². The molecule has 1 heterocycles. The summed E-state index contributed by atoms with van der Waals surface area (Å²) in [5, 5.41) is 5.41. The number of piperazine rings is 1. The zero-order valence-electron chi connectivity index (χ0n) is 13.6. The Morgan fingerprint density at radius 3 is 2.92 bits per heavy atom. The van der Waals surface area contributed by atoms with E-state index in [9.17, 15) is 14.4 Å². The molecule has 0 aliphatic carbocycles. The van der Waals surface area contributed by atoms with E-state index >= 15 is 0 Å². The SMILES string of the molecule is CCOC(=O)CC1C(=O)NCCN1C(=S)NC(=O)c1cccc(Br)c1. The van der Waals surface area contributed by atoms with Crippen molar-refractivity contribution in [2.75, 3.05) is 19.7 Å². The number of amides is 2. The molecule has 1 aliphatic rings. The lowest BCUT2D eigenvalue weighted by Crippen LogP contribution is -2.60. The third-order valence-corrected chi connectivity index (χ3v) is 4.39. The molecule has 0 spiro atoms. The lowest BCUT2D eigenvalue weighted by molar-refractivity contribution is -0.147. The van der Waals surface area contributed by atoms with Gasteiger partial charge in [0.05, 0.1) is 13.0 Å². The van der Waals surface area contributed by atoms with Gasteiger partial charge in [-0.25, -0.2) is 0 Å². The van der Waals surface area contributed by atoms with E-state index in [-0.39, 0.29) is 30.0 Å². The van der Waals surface area contributed by atoms with Crippen molar-refractivity contribution in [1.29, 1.82) is 0 Å². The van der Waals surface area contributed by atoms with Crippen molar-refractivity contribution in [1.82, 2.24) is 15.5 Å². The molecule has 1 aliphatic heterocycles. The fourth-order valence-electron chi connectivity index (χ4n) is 2.41. The van der Waals surface area contributed by atoms with Crippen LogP contribution in [0.5, 0.6) is 0 Å². The number of esters is 1. The van der Waals surface area contributed by atoms with Crippen molar-refractivity contribution in [3.05, 3.63) is 34.3 Å². The molecule has 2 amide bonds. The molecule has 1 aromatic rings. The normalized spacial score (nSPS) is 16.8. The molecule has 1 atom stereocenters. The van der Waals surface area contributed by atoms with E-state index in [4.69, 9.17) is 17.0 Å². The lowest BCUT2D eigenvalue weighted by atomic mass is 10.1. The predicted octanol–water partition coefficient (Wildman–Crippen LogP) is 1.22. The highest BCUT2D eigenvalue weighted by Crippen LogP contribution is 2.13. The summed E-state index contributed by atoms with van der Waals surface area (Å²) in [6.45, 7) is 2.70. The van der Waals surface area contributed by atoms with Gasteiger partial charge in [-0.1, -0.05) is 22.0 Å². The highest BCUT2D eigenvalue weighted by molar-refractivity contribution is 9.10. The number of carbonyl (C=O) groups is 3. The molecule has 2 N–H and O–H groups in total. The number of thiocarbonyl (C=S) groups is 1. The van der Waals surface area contributed by atoms with Crippen LogP contribution in [0.2, 0.25) is 0 Å². The Balaban J connectivity index is 2.07. The van der Waals surface area contributed by atoms with Gasteiger partial charge in [0.25, 0.3) is 5.91 Å². The molecule has 0 bridgehead atoms. The fourth-order valence-corrected chi connectivity index (χ4v) is 3.12. The molecule has 1 aromatic carbocycles. The minimum absolute atomic E-state index is 0.106. The van der Waals surface area contributed by atoms with Crippen LogP contribution in [0.1, 0.15) is 23.7 Å². The molecule has 25 heavy (non-hydrogen) atoms. The number of carbonyl (C=O) groups excluding carboxylic acids is 3. The molecule has 2 rings (SSSR count). The summed E-state index contributed by atoms with van der Waals surface area (Å²) in [6.07, 6.45) is -0.132. The third kappa shape index (κ3) is 5.23. The first-order valence-corrected chi connectivity index (χ1v) is 8.93. The first-order valence-electron chi connectivity index (χ1n) is 7.73. The van der Waals surface area contributed by atoms with Crippen molar-refractivity contribution in [2.45, 2.75) is 19.4 Å². The van der Waals surface area contributed by atoms with E-state index in [1.165, 1.54) is 0 Å². The zero-order valence-corrected chi connectivity index (χ0v) is 16.0. The largest absolute Gasteiger partial charge is 0.466 e. The molecule has 9 heteroatoms. The lowest BCUT2D eigenvalue weighted by Gasteiger charge is -2.36. The van der Waals surface area contributed by atoms with Gasteiger partial charge in [-0.3, -0.25) is 19.7 Å². The Morgan fingerprint density at radius 1 is 1.48 bits per heavy atom. The summed E-state index contributed by atoms with van der Waals surface area (Å²) in [4.78, 5) is 37.7. The van der Waals surface area contributed by atoms with Gasteiger partial charge in [-0.05, 0) is 37.3 Å². The van der Waals surface area contributed by atoms with E-state index in [2.05, 4.69) is 26.6 Å². The number of halogens is 1. The molecule has 7 nitrogen and oxygen atoms in total. The third-order valence-electron chi connectivity index (χ3n) is 3.56. The molecule has 0 aromatic heterocycles. The van der Waals surface area contributed by atoms with Gasteiger partial charge in [0.1, 0.15) is 6.04 Å². The van der Waals surface area contributed by atoms with Crippen molar-refractivity contribution >= 4 is 51.0 Å².